The molecule has 1 heterocycles. The van der Waals surface area contributed by atoms with Crippen LogP contribution in [0.1, 0.15) is 0 Å². The van der Waals surface area contributed by atoms with Crippen LogP contribution in [0.25, 0.3) is 64.0 Å². The number of rotatable bonds is 5. The summed E-state index contributed by atoms with van der Waals surface area (Å²) in [6, 6.07) is 60.9. The Kier molecular flexibility index (Phi) is 6.51. The second-order valence-corrected chi connectivity index (χ2v) is 13.1. The normalized spacial score (nSPS) is 11.5. The summed E-state index contributed by atoms with van der Waals surface area (Å²) in [7, 11) is 0. The fourth-order valence-corrected chi connectivity index (χ4v) is 8.04. The predicted octanol–water partition coefficient (Wildman–Crippen LogP) is 12.7. The van der Waals surface area contributed by atoms with E-state index in [0.717, 1.165) is 44.6 Å². The summed E-state index contributed by atoms with van der Waals surface area (Å²) in [5, 5.41) is 7.29. The van der Waals surface area contributed by atoms with Crippen molar-refractivity contribution >= 4 is 75.8 Å². The van der Waals surface area contributed by atoms with Crippen molar-refractivity contribution in [2.75, 3.05) is 10.6 Å². The number of fused-ring (bicyclic) bond motifs is 5. The van der Waals surface area contributed by atoms with Crippen LogP contribution in [0.2, 0.25) is 0 Å². The van der Waals surface area contributed by atoms with E-state index in [4.69, 9.17) is 5.73 Å². The lowest BCUT2D eigenvalue weighted by Crippen LogP contribution is -2.09. The predicted molar refractivity (Wildman–Crippen MR) is 204 cm³/mol. The van der Waals surface area contributed by atoms with Gasteiger partial charge >= 0.3 is 0 Å². The number of nitrogens with two attached hydrogens (primary N) is 1. The third-order valence-corrected chi connectivity index (χ3v) is 10.4. The number of hydrogen-bond donors (Lipinski definition) is 1. The lowest BCUT2D eigenvalue weighted by molar-refractivity contribution is 1.29. The molecule has 9 rings (SSSR count). The van der Waals surface area contributed by atoms with Gasteiger partial charge in [-0.3, -0.25) is 0 Å². The molecular weight excluding hydrogens is 589 g/mol. The van der Waals surface area contributed by atoms with Gasteiger partial charge in [0.1, 0.15) is 0 Å². The van der Waals surface area contributed by atoms with Gasteiger partial charge in [-0.2, -0.15) is 0 Å². The highest BCUT2D eigenvalue weighted by Gasteiger charge is 2.16. The van der Waals surface area contributed by atoms with Gasteiger partial charge in [0.05, 0.1) is 0 Å². The number of nitrogen functional groups attached to an aromatic ring is 1. The summed E-state index contributed by atoms with van der Waals surface area (Å²) in [6.45, 7) is 0. The summed E-state index contributed by atoms with van der Waals surface area (Å²) >= 11 is 1.85. The molecule has 8 aromatic carbocycles. The molecule has 0 atom stereocenters. The zero-order valence-electron chi connectivity index (χ0n) is 25.6. The van der Waals surface area contributed by atoms with E-state index in [1.807, 2.05) is 17.4 Å². The Balaban J connectivity index is 1.15. The largest absolute Gasteiger partial charge is 0.398 e. The maximum absolute atomic E-state index is 6.71. The highest BCUT2D eigenvalue weighted by atomic mass is 32.1. The number of benzene rings is 8. The van der Waals surface area contributed by atoms with E-state index in [1.165, 1.54) is 42.1 Å². The average molecular weight is 619 g/mol. The first-order chi connectivity index (χ1) is 23.2. The van der Waals surface area contributed by atoms with Crippen LogP contribution in [0.15, 0.2) is 170 Å². The molecule has 2 nitrogen and oxygen atoms in total. The van der Waals surface area contributed by atoms with Gasteiger partial charge in [0.2, 0.25) is 0 Å². The zero-order chi connectivity index (χ0) is 31.3. The highest BCUT2D eigenvalue weighted by Crippen LogP contribution is 2.42. The number of thiophene rings is 1. The van der Waals surface area contributed by atoms with E-state index in [2.05, 4.69) is 169 Å². The third kappa shape index (κ3) is 4.72. The molecule has 0 radical (unpaired) electrons. The smallest absolute Gasteiger partial charge is 0.0468 e. The molecule has 0 unspecified atom stereocenters. The van der Waals surface area contributed by atoms with Crippen LogP contribution in [0.4, 0.5) is 22.7 Å². The maximum atomic E-state index is 6.71. The summed E-state index contributed by atoms with van der Waals surface area (Å²) in [6.07, 6.45) is 0. The molecule has 0 amide bonds. The van der Waals surface area contributed by atoms with Gasteiger partial charge in [-0.15, -0.1) is 11.3 Å². The SMILES string of the molecule is Nc1ccc(-c2ccc(N(c3ccccc3)c3ccc4sc5ccccc5c4c3)cc2)c2cccc(-c3ccc4ccccc4c3)c12. The van der Waals surface area contributed by atoms with Crippen LogP contribution in [-0.2, 0) is 0 Å². The molecule has 2 N–H and O–H groups in total. The van der Waals surface area contributed by atoms with Crippen molar-refractivity contribution in [3.63, 3.8) is 0 Å². The molecule has 0 aliphatic rings. The van der Waals surface area contributed by atoms with Gasteiger partial charge in [-0.25, -0.2) is 0 Å². The summed E-state index contributed by atoms with van der Waals surface area (Å²) < 4.78 is 2.62. The van der Waals surface area contributed by atoms with Crippen molar-refractivity contribution in [2.45, 2.75) is 0 Å². The average Bonchev–Trinajstić information content (AvgIpc) is 3.50. The Morgan fingerprint density at radius 3 is 1.96 bits per heavy atom. The van der Waals surface area contributed by atoms with Crippen molar-refractivity contribution in [2.24, 2.45) is 0 Å². The van der Waals surface area contributed by atoms with E-state index < -0.39 is 0 Å². The molecule has 0 spiro atoms. The summed E-state index contributed by atoms with van der Waals surface area (Å²) in [5.41, 5.74) is 15.5. The van der Waals surface area contributed by atoms with E-state index >= 15 is 0 Å². The van der Waals surface area contributed by atoms with Gasteiger partial charge in [0.25, 0.3) is 0 Å². The Hall–Kier alpha value is -5.90. The number of anilines is 4. The molecule has 0 saturated heterocycles. The van der Waals surface area contributed by atoms with Gasteiger partial charge in [-0.1, -0.05) is 109 Å². The molecule has 0 saturated carbocycles. The molecule has 1 aromatic heterocycles. The molecule has 0 aliphatic heterocycles. The summed E-state index contributed by atoms with van der Waals surface area (Å²) in [5.74, 6) is 0. The highest BCUT2D eigenvalue weighted by molar-refractivity contribution is 7.25. The lowest BCUT2D eigenvalue weighted by Gasteiger charge is -2.26. The molecule has 47 heavy (non-hydrogen) atoms. The molecule has 0 aliphatic carbocycles. The number of nitrogens with zero attached hydrogens (tertiary/aromatic N) is 1. The fourth-order valence-electron chi connectivity index (χ4n) is 6.95. The maximum Gasteiger partial charge on any atom is 0.0468 e. The van der Waals surface area contributed by atoms with Crippen LogP contribution in [0, 0.1) is 0 Å². The topological polar surface area (TPSA) is 29.3 Å². The first kappa shape index (κ1) is 27.4. The molecule has 3 heteroatoms. The fraction of sp³-hybridized carbons (Fsp3) is 0. The zero-order valence-corrected chi connectivity index (χ0v) is 26.4. The quantitative estimate of drug-likeness (QED) is 0.194. The summed E-state index contributed by atoms with van der Waals surface area (Å²) in [4.78, 5) is 2.34. The molecule has 222 valence electrons. The Morgan fingerprint density at radius 2 is 1.09 bits per heavy atom. The lowest BCUT2D eigenvalue weighted by atomic mass is 9.91. The molecule has 0 fully saturated rings. The second-order valence-electron chi connectivity index (χ2n) is 12.0. The Morgan fingerprint density at radius 1 is 0.404 bits per heavy atom. The van der Waals surface area contributed by atoms with Crippen molar-refractivity contribution in [1.29, 1.82) is 0 Å². The van der Waals surface area contributed by atoms with Crippen molar-refractivity contribution < 1.29 is 0 Å². The van der Waals surface area contributed by atoms with E-state index in [1.54, 1.807) is 0 Å². The Labute approximate surface area is 277 Å². The molecule has 0 bridgehead atoms. The molecule has 9 aromatic rings. The van der Waals surface area contributed by atoms with Gasteiger partial charge < -0.3 is 10.6 Å². The minimum Gasteiger partial charge on any atom is -0.398 e. The number of para-hydroxylation sites is 1. The van der Waals surface area contributed by atoms with E-state index in [9.17, 15) is 0 Å². The van der Waals surface area contributed by atoms with Gasteiger partial charge in [-0.05, 0) is 99.1 Å². The van der Waals surface area contributed by atoms with Crippen LogP contribution in [0.5, 0.6) is 0 Å². The third-order valence-electron chi connectivity index (χ3n) is 9.20. The molecular formula is C44H30N2S. The van der Waals surface area contributed by atoms with Crippen LogP contribution in [-0.4, -0.2) is 0 Å². The first-order valence-electron chi connectivity index (χ1n) is 15.9. The Bertz CT molecular complexity index is 2580. The minimum absolute atomic E-state index is 0.788. The van der Waals surface area contributed by atoms with Crippen LogP contribution >= 0.6 is 11.3 Å². The second kappa shape index (κ2) is 11.2. The first-order valence-corrected chi connectivity index (χ1v) is 16.7. The monoisotopic (exact) mass is 618 g/mol. The van der Waals surface area contributed by atoms with E-state index in [-0.39, 0.29) is 0 Å². The standard InChI is InChI=1S/C44H30N2S/c45-41-25-24-36(39-15-8-14-37(44(39)41)32-18-17-29-9-4-5-10-31(29)27-32)30-19-21-34(22-20-30)46(33-11-2-1-3-12-33)35-23-26-43-40(28-35)38-13-6-7-16-42(38)47-43/h1-28H,45H2. The van der Waals surface area contributed by atoms with Gasteiger partial charge in [0, 0.05) is 48.3 Å². The van der Waals surface area contributed by atoms with Crippen molar-refractivity contribution in [3.05, 3.63) is 170 Å². The van der Waals surface area contributed by atoms with E-state index in [0.29, 0.717) is 0 Å². The van der Waals surface area contributed by atoms with Crippen molar-refractivity contribution in [1.82, 2.24) is 0 Å². The van der Waals surface area contributed by atoms with Crippen LogP contribution in [0.3, 0.4) is 0 Å². The minimum atomic E-state index is 0.788. The number of hydrogen-bond acceptors (Lipinski definition) is 3. The van der Waals surface area contributed by atoms with Crippen molar-refractivity contribution in [3.8, 4) is 22.3 Å². The van der Waals surface area contributed by atoms with Crippen LogP contribution < -0.4 is 10.6 Å². The van der Waals surface area contributed by atoms with Gasteiger partial charge in [0.15, 0.2) is 0 Å².